The molecule has 0 radical (unpaired) electrons. The second kappa shape index (κ2) is 8.62. The van der Waals surface area contributed by atoms with Gasteiger partial charge in [-0.1, -0.05) is 24.7 Å². The molecule has 0 saturated heterocycles. The molecule has 0 fully saturated rings. The summed E-state index contributed by atoms with van der Waals surface area (Å²) in [5.41, 5.74) is 0.981. The predicted molar refractivity (Wildman–Crippen MR) is 94.1 cm³/mol. The summed E-state index contributed by atoms with van der Waals surface area (Å²) in [5.74, 6) is 0.953. The first-order valence-corrected chi connectivity index (χ1v) is 8.88. The molecule has 0 atom stereocenters. The number of rotatable bonds is 8. The quantitative estimate of drug-likeness (QED) is 0.728. The Morgan fingerprint density at radius 1 is 1.17 bits per heavy atom. The van der Waals surface area contributed by atoms with Gasteiger partial charge in [0.15, 0.2) is 0 Å². The highest BCUT2D eigenvalue weighted by molar-refractivity contribution is 7.18. The minimum atomic E-state index is 0.115. The zero-order valence-corrected chi connectivity index (χ0v) is 14.7. The fourth-order valence-corrected chi connectivity index (χ4v) is 3.11. The van der Waals surface area contributed by atoms with Crippen LogP contribution in [0.2, 0.25) is 0 Å². The summed E-state index contributed by atoms with van der Waals surface area (Å²) in [7, 11) is 0. The van der Waals surface area contributed by atoms with Crippen LogP contribution in [0.3, 0.4) is 0 Å². The Bertz CT molecular complexity index is 625. The summed E-state index contributed by atoms with van der Waals surface area (Å²) >= 11 is 1.44. The zero-order valence-electron chi connectivity index (χ0n) is 13.9. The van der Waals surface area contributed by atoms with E-state index in [1.165, 1.54) is 11.3 Å². The summed E-state index contributed by atoms with van der Waals surface area (Å²) < 4.78 is 5.44. The fraction of sp³-hybridized carbons (Fsp3) is 0.471. The number of carbonyl (C=O) groups excluding carboxylic acids is 1. The Morgan fingerprint density at radius 2 is 1.91 bits per heavy atom. The van der Waals surface area contributed by atoms with Crippen LogP contribution in [0, 0.1) is 0 Å². The summed E-state index contributed by atoms with van der Waals surface area (Å²) in [5, 5.41) is 9.90. The highest BCUT2D eigenvalue weighted by Crippen LogP contribution is 2.30. The summed E-state index contributed by atoms with van der Waals surface area (Å²) in [6, 6.07) is 7.77. The van der Waals surface area contributed by atoms with Crippen molar-refractivity contribution in [2.24, 2.45) is 0 Å². The lowest BCUT2D eigenvalue weighted by Crippen LogP contribution is -2.30. The van der Waals surface area contributed by atoms with Crippen LogP contribution in [-0.4, -0.2) is 29.3 Å². The fourth-order valence-electron chi connectivity index (χ4n) is 2.18. The molecule has 1 aromatic carbocycles. The Labute approximate surface area is 141 Å². The molecule has 0 aliphatic rings. The van der Waals surface area contributed by atoms with Gasteiger partial charge in [-0.25, -0.2) is 0 Å². The van der Waals surface area contributed by atoms with Crippen LogP contribution in [-0.2, 0) is 4.79 Å². The maximum absolute atomic E-state index is 12.2. The zero-order chi connectivity index (χ0) is 16.7. The van der Waals surface area contributed by atoms with Crippen molar-refractivity contribution in [1.82, 2.24) is 10.2 Å². The molecule has 0 spiro atoms. The molecule has 5 nitrogen and oxygen atoms in total. The van der Waals surface area contributed by atoms with Crippen molar-refractivity contribution in [1.29, 1.82) is 0 Å². The number of ether oxygens (including phenoxy) is 1. The third-order valence-corrected chi connectivity index (χ3v) is 4.41. The molecular weight excluding hydrogens is 310 g/mol. The first-order valence-electron chi connectivity index (χ1n) is 8.06. The van der Waals surface area contributed by atoms with Gasteiger partial charge in [0.2, 0.25) is 11.0 Å². The number of carbonyl (C=O) groups is 1. The van der Waals surface area contributed by atoms with E-state index in [9.17, 15) is 4.79 Å². The van der Waals surface area contributed by atoms with Gasteiger partial charge in [-0.2, -0.15) is 0 Å². The van der Waals surface area contributed by atoms with Crippen molar-refractivity contribution >= 4 is 22.4 Å². The highest BCUT2D eigenvalue weighted by Gasteiger charge is 2.18. The molecule has 23 heavy (non-hydrogen) atoms. The van der Waals surface area contributed by atoms with E-state index in [0.717, 1.165) is 29.2 Å². The second-order valence-electron chi connectivity index (χ2n) is 5.09. The van der Waals surface area contributed by atoms with Crippen LogP contribution in [0.5, 0.6) is 5.75 Å². The first-order chi connectivity index (χ1) is 11.2. The number of amides is 1. The van der Waals surface area contributed by atoms with Crippen molar-refractivity contribution < 1.29 is 9.53 Å². The molecule has 0 bridgehead atoms. The first kappa shape index (κ1) is 17.4. The molecule has 0 saturated carbocycles. The van der Waals surface area contributed by atoms with Gasteiger partial charge >= 0.3 is 0 Å². The second-order valence-corrected chi connectivity index (χ2v) is 6.04. The molecule has 2 aromatic rings. The lowest BCUT2D eigenvalue weighted by Gasteiger charge is -2.16. The number of aromatic nitrogens is 2. The number of anilines is 1. The molecule has 0 unspecified atom stereocenters. The molecule has 0 aliphatic carbocycles. The summed E-state index contributed by atoms with van der Waals surface area (Å²) in [6.07, 6.45) is 2.47. The van der Waals surface area contributed by atoms with Crippen LogP contribution in [0.25, 0.3) is 10.6 Å². The van der Waals surface area contributed by atoms with Gasteiger partial charge in [0, 0.05) is 18.5 Å². The van der Waals surface area contributed by atoms with E-state index >= 15 is 0 Å². The van der Waals surface area contributed by atoms with E-state index in [1.54, 1.807) is 4.90 Å². The van der Waals surface area contributed by atoms with Gasteiger partial charge in [0.05, 0.1) is 6.61 Å². The molecule has 0 N–H and O–H groups in total. The van der Waals surface area contributed by atoms with Crippen molar-refractivity contribution in [2.45, 2.75) is 40.0 Å². The lowest BCUT2D eigenvalue weighted by atomic mass is 10.2. The summed E-state index contributed by atoms with van der Waals surface area (Å²) in [6.45, 7) is 7.26. The van der Waals surface area contributed by atoms with E-state index in [-0.39, 0.29) is 5.91 Å². The molecule has 1 amide bonds. The molecule has 1 heterocycles. The van der Waals surface area contributed by atoms with Crippen molar-refractivity contribution in [3.05, 3.63) is 24.3 Å². The average molecular weight is 333 g/mol. The molecule has 6 heteroatoms. The van der Waals surface area contributed by atoms with Crippen LogP contribution in [0.4, 0.5) is 5.13 Å². The normalized spacial score (nSPS) is 10.6. The van der Waals surface area contributed by atoms with E-state index in [2.05, 4.69) is 17.1 Å². The number of nitrogens with zero attached hydrogens (tertiary/aromatic N) is 3. The predicted octanol–water partition coefficient (Wildman–Crippen LogP) is 4.15. The minimum Gasteiger partial charge on any atom is -0.494 e. The van der Waals surface area contributed by atoms with E-state index < -0.39 is 0 Å². The van der Waals surface area contributed by atoms with E-state index in [4.69, 9.17) is 4.74 Å². The van der Waals surface area contributed by atoms with Crippen LogP contribution in [0.1, 0.15) is 40.0 Å². The monoisotopic (exact) mass is 333 g/mol. The molecule has 1 aromatic heterocycles. The van der Waals surface area contributed by atoms with Gasteiger partial charge in [-0.05, 0) is 44.5 Å². The third-order valence-electron chi connectivity index (χ3n) is 3.42. The topological polar surface area (TPSA) is 55.3 Å². The van der Waals surface area contributed by atoms with Crippen molar-refractivity contribution in [3.63, 3.8) is 0 Å². The molecule has 124 valence electrons. The Morgan fingerprint density at radius 3 is 2.52 bits per heavy atom. The number of benzene rings is 1. The maximum Gasteiger partial charge on any atom is 0.228 e. The van der Waals surface area contributed by atoms with Gasteiger partial charge in [-0.3, -0.25) is 9.69 Å². The lowest BCUT2D eigenvalue weighted by molar-refractivity contribution is -0.118. The molecule has 2 rings (SSSR count). The molecular formula is C17H23N3O2S. The SMILES string of the molecule is CCCCC(=O)N(CC)c1nnc(-c2ccc(OCC)cc2)s1. The van der Waals surface area contributed by atoms with E-state index in [0.29, 0.717) is 24.7 Å². The number of hydrogen-bond donors (Lipinski definition) is 0. The Balaban J connectivity index is 2.13. The average Bonchev–Trinajstić information content (AvgIpc) is 3.04. The number of hydrogen-bond acceptors (Lipinski definition) is 5. The van der Waals surface area contributed by atoms with E-state index in [1.807, 2.05) is 38.1 Å². The Kier molecular flexibility index (Phi) is 6.52. The number of unbranched alkanes of at least 4 members (excludes halogenated alkanes) is 1. The van der Waals surface area contributed by atoms with Crippen LogP contribution < -0.4 is 9.64 Å². The van der Waals surface area contributed by atoms with Crippen molar-refractivity contribution in [3.8, 4) is 16.3 Å². The van der Waals surface area contributed by atoms with Gasteiger partial charge in [0.1, 0.15) is 10.8 Å². The third kappa shape index (κ3) is 4.51. The van der Waals surface area contributed by atoms with Gasteiger partial charge < -0.3 is 4.74 Å². The smallest absolute Gasteiger partial charge is 0.228 e. The summed E-state index contributed by atoms with van der Waals surface area (Å²) in [4.78, 5) is 14.0. The largest absolute Gasteiger partial charge is 0.494 e. The van der Waals surface area contributed by atoms with Crippen molar-refractivity contribution in [2.75, 3.05) is 18.1 Å². The molecule has 0 aliphatic heterocycles. The minimum absolute atomic E-state index is 0.115. The van der Waals surface area contributed by atoms with Crippen LogP contribution in [0.15, 0.2) is 24.3 Å². The maximum atomic E-state index is 12.2. The van der Waals surface area contributed by atoms with Crippen LogP contribution >= 0.6 is 11.3 Å². The Hall–Kier alpha value is -1.95. The van der Waals surface area contributed by atoms with Gasteiger partial charge in [-0.15, -0.1) is 10.2 Å². The standard InChI is InChI=1S/C17H23N3O2S/c1-4-7-8-15(21)20(5-2)17-19-18-16(23-17)13-9-11-14(12-10-13)22-6-3/h9-12H,4-8H2,1-3H3. The van der Waals surface area contributed by atoms with Gasteiger partial charge in [0.25, 0.3) is 0 Å². The highest BCUT2D eigenvalue weighted by atomic mass is 32.1.